The third-order valence-electron chi connectivity index (χ3n) is 3.27. The van der Waals surface area contributed by atoms with Gasteiger partial charge in [0, 0.05) is 18.0 Å². The van der Waals surface area contributed by atoms with Crippen LogP contribution in [0.5, 0.6) is 0 Å². The van der Waals surface area contributed by atoms with Gasteiger partial charge in [-0.1, -0.05) is 19.1 Å². The van der Waals surface area contributed by atoms with Crippen LogP contribution in [0.1, 0.15) is 41.9 Å². The van der Waals surface area contributed by atoms with Gasteiger partial charge in [0.2, 0.25) is 0 Å². The van der Waals surface area contributed by atoms with Gasteiger partial charge in [-0.05, 0) is 37.9 Å². The SMILES string of the molecule is CCCNC(c1ncc(C)cn1)c1ccc(C)c(F)c1F. The van der Waals surface area contributed by atoms with Crippen molar-refractivity contribution in [2.24, 2.45) is 0 Å². The second-order valence-corrected chi connectivity index (χ2v) is 5.11. The van der Waals surface area contributed by atoms with Crippen LogP contribution in [0.15, 0.2) is 24.5 Å². The molecule has 1 heterocycles. The molecule has 0 saturated heterocycles. The first kappa shape index (κ1) is 15.5. The quantitative estimate of drug-likeness (QED) is 0.916. The zero-order valence-corrected chi connectivity index (χ0v) is 12.5. The molecule has 0 saturated carbocycles. The van der Waals surface area contributed by atoms with Gasteiger partial charge in [-0.15, -0.1) is 0 Å². The Labute approximate surface area is 123 Å². The maximum absolute atomic E-state index is 14.2. The topological polar surface area (TPSA) is 37.8 Å². The van der Waals surface area contributed by atoms with Crippen LogP contribution in [-0.4, -0.2) is 16.5 Å². The van der Waals surface area contributed by atoms with Crippen LogP contribution in [0.25, 0.3) is 0 Å². The van der Waals surface area contributed by atoms with Gasteiger partial charge in [0.05, 0.1) is 6.04 Å². The lowest BCUT2D eigenvalue weighted by Gasteiger charge is -2.19. The lowest BCUT2D eigenvalue weighted by Crippen LogP contribution is -2.26. The van der Waals surface area contributed by atoms with E-state index in [0.29, 0.717) is 12.4 Å². The Morgan fingerprint density at radius 1 is 1.10 bits per heavy atom. The Morgan fingerprint density at radius 2 is 1.76 bits per heavy atom. The summed E-state index contributed by atoms with van der Waals surface area (Å²) >= 11 is 0. The van der Waals surface area contributed by atoms with Crippen LogP contribution in [0, 0.1) is 25.5 Å². The Balaban J connectivity index is 2.45. The second kappa shape index (κ2) is 6.72. The molecule has 0 bridgehead atoms. The molecular formula is C16H19F2N3. The zero-order valence-electron chi connectivity index (χ0n) is 12.5. The molecule has 2 rings (SSSR count). The highest BCUT2D eigenvalue weighted by Crippen LogP contribution is 2.25. The van der Waals surface area contributed by atoms with Crippen molar-refractivity contribution >= 4 is 0 Å². The van der Waals surface area contributed by atoms with Crippen LogP contribution in [-0.2, 0) is 0 Å². The van der Waals surface area contributed by atoms with Gasteiger partial charge in [-0.3, -0.25) is 0 Å². The van der Waals surface area contributed by atoms with Crippen LogP contribution < -0.4 is 5.32 Å². The van der Waals surface area contributed by atoms with E-state index < -0.39 is 17.7 Å². The average Bonchev–Trinajstić information content (AvgIpc) is 2.48. The predicted molar refractivity (Wildman–Crippen MR) is 78.0 cm³/mol. The van der Waals surface area contributed by atoms with Crippen LogP contribution in [0.3, 0.4) is 0 Å². The average molecular weight is 291 g/mol. The molecule has 1 N–H and O–H groups in total. The Hall–Kier alpha value is -1.88. The first-order valence-corrected chi connectivity index (χ1v) is 7.01. The van der Waals surface area contributed by atoms with Gasteiger partial charge in [0.1, 0.15) is 5.82 Å². The molecule has 0 aliphatic carbocycles. The summed E-state index contributed by atoms with van der Waals surface area (Å²) in [7, 11) is 0. The van der Waals surface area contributed by atoms with Crippen LogP contribution in [0.2, 0.25) is 0 Å². The molecule has 112 valence electrons. The van der Waals surface area contributed by atoms with Crippen LogP contribution >= 0.6 is 0 Å². The van der Waals surface area contributed by atoms with Crippen molar-refractivity contribution < 1.29 is 8.78 Å². The number of nitrogens with one attached hydrogen (secondary N) is 1. The predicted octanol–water partition coefficient (Wildman–Crippen LogP) is 3.46. The lowest BCUT2D eigenvalue weighted by molar-refractivity contribution is 0.471. The number of hydrogen-bond donors (Lipinski definition) is 1. The molecule has 0 radical (unpaired) electrons. The molecule has 1 aromatic heterocycles. The van der Waals surface area contributed by atoms with E-state index in [1.165, 1.54) is 0 Å². The number of aryl methyl sites for hydroxylation is 2. The fraction of sp³-hybridized carbons (Fsp3) is 0.375. The van der Waals surface area contributed by atoms with Crippen molar-refractivity contribution in [1.29, 1.82) is 0 Å². The van der Waals surface area contributed by atoms with Crippen molar-refractivity contribution in [3.05, 3.63) is 58.7 Å². The van der Waals surface area contributed by atoms with Crippen molar-refractivity contribution in [1.82, 2.24) is 15.3 Å². The number of benzene rings is 1. The highest BCUT2D eigenvalue weighted by Gasteiger charge is 2.22. The molecule has 1 aromatic carbocycles. The summed E-state index contributed by atoms with van der Waals surface area (Å²) in [6.45, 7) is 6.09. The maximum atomic E-state index is 14.2. The van der Waals surface area contributed by atoms with E-state index in [2.05, 4.69) is 15.3 Å². The van der Waals surface area contributed by atoms with E-state index in [-0.39, 0.29) is 11.1 Å². The van der Waals surface area contributed by atoms with Gasteiger partial charge in [0.15, 0.2) is 11.6 Å². The van der Waals surface area contributed by atoms with Crippen molar-refractivity contribution in [3.8, 4) is 0 Å². The normalized spacial score (nSPS) is 12.4. The van der Waals surface area contributed by atoms with E-state index in [4.69, 9.17) is 0 Å². The number of hydrogen-bond acceptors (Lipinski definition) is 3. The molecule has 5 heteroatoms. The Bertz CT molecular complexity index is 612. The third-order valence-corrected chi connectivity index (χ3v) is 3.27. The van der Waals surface area contributed by atoms with Crippen molar-refractivity contribution in [3.63, 3.8) is 0 Å². The van der Waals surface area contributed by atoms with E-state index in [1.807, 2.05) is 13.8 Å². The molecule has 0 aliphatic rings. The molecule has 3 nitrogen and oxygen atoms in total. The summed E-state index contributed by atoms with van der Waals surface area (Å²) in [5.41, 5.74) is 1.44. The highest BCUT2D eigenvalue weighted by molar-refractivity contribution is 5.31. The zero-order chi connectivity index (χ0) is 15.4. The summed E-state index contributed by atoms with van der Waals surface area (Å²) in [5, 5.41) is 3.18. The monoisotopic (exact) mass is 291 g/mol. The number of nitrogens with zero attached hydrogens (tertiary/aromatic N) is 2. The lowest BCUT2D eigenvalue weighted by atomic mass is 10.0. The van der Waals surface area contributed by atoms with Crippen LogP contribution in [0.4, 0.5) is 8.78 Å². The smallest absolute Gasteiger partial charge is 0.164 e. The molecule has 0 spiro atoms. The Morgan fingerprint density at radius 3 is 2.38 bits per heavy atom. The maximum Gasteiger partial charge on any atom is 0.164 e. The first-order chi connectivity index (χ1) is 10.0. The van der Waals surface area contributed by atoms with Crippen molar-refractivity contribution in [2.75, 3.05) is 6.54 Å². The van der Waals surface area contributed by atoms with E-state index in [9.17, 15) is 8.78 Å². The first-order valence-electron chi connectivity index (χ1n) is 7.01. The summed E-state index contributed by atoms with van der Waals surface area (Å²) in [6.07, 6.45) is 4.22. The molecule has 1 unspecified atom stereocenters. The molecular weight excluding hydrogens is 272 g/mol. The minimum atomic E-state index is -0.840. The number of aromatic nitrogens is 2. The molecule has 1 atom stereocenters. The fourth-order valence-electron chi connectivity index (χ4n) is 2.06. The van der Waals surface area contributed by atoms with Gasteiger partial charge < -0.3 is 5.32 Å². The molecule has 0 aliphatic heterocycles. The molecule has 0 amide bonds. The fourth-order valence-corrected chi connectivity index (χ4v) is 2.06. The molecule has 2 aromatic rings. The third kappa shape index (κ3) is 3.42. The minimum Gasteiger partial charge on any atom is -0.304 e. The number of halogens is 2. The number of rotatable bonds is 5. The van der Waals surface area contributed by atoms with Gasteiger partial charge in [-0.25, -0.2) is 18.7 Å². The van der Waals surface area contributed by atoms with Gasteiger partial charge >= 0.3 is 0 Å². The molecule has 21 heavy (non-hydrogen) atoms. The van der Waals surface area contributed by atoms with E-state index >= 15 is 0 Å². The summed E-state index contributed by atoms with van der Waals surface area (Å²) in [5.74, 6) is -1.22. The summed E-state index contributed by atoms with van der Waals surface area (Å²) in [4.78, 5) is 8.48. The standard InChI is InChI=1S/C16H19F2N3/c1-4-7-19-15(16-20-8-10(2)9-21-16)12-6-5-11(3)13(17)14(12)18/h5-6,8-9,15,19H,4,7H2,1-3H3. The summed E-state index contributed by atoms with van der Waals surface area (Å²) in [6, 6.07) is 2.60. The van der Waals surface area contributed by atoms with Gasteiger partial charge in [-0.2, -0.15) is 0 Å². The highest BCUT2D eigenvalue weighted by atomic mass is 19.2. The summed E-state index contributed by atoms with van der Waals surface area (Å²) < 4.78 is 28.0. The minimum absolute atomic E-state index is 0.232. The van der Waals surface area contributed by atoms with Crippen molar-refractivity contribution in [2.45, 2.75) is 33.2 Å². The second-order valence-electron chi connectivity index (χ2n) is 5.11. The molecule has 0 fully saturated rings. The van der Waals surface area contributed by atoms with E-state index in [1.54, 1.807) is 31.5 Å². The van der Waals surface area contributed by atoms with Gasteiger partial charge in [0.25, 0.3) is 0 Å². The Kier molecular flexibility index (Phi) is 4.96. The van der Waals surface area contributed by atoms with E-state index in [0.717, 1.165) is 12.0 Å². The largest absolute Gasteiger partial charge is 0.304 e.